The van der Waals surface area contributed by atoms with E-state index in [4.69, 9.17) is 27.5 Å². The van der Waals surface area contributed by atoms with Gasteiger partial charge in [0.25, 0.3) is 5.69 Å². The fourth-order valence-electron chi connectivity index (χ4n) is 3.98. The highest BCUT2D eigenvalue weighted by atomic mass is 28.4. The monoisotopic (exact) mass is 501 g/mol. The molecule has 0 saturated carbocycles. The number of nitro benzene ring substituents is 1. The topological polar surface area (TPSA) is 116 Å². The Morgan fingerprint density at radius 3 is 2.06 bits per heavy atom. The molecule has 10 nitrogen and oxygen atoms in total. The minimum atomic E-state index is -2.84. The maximum absolute atomic E-state index is 12.4. The van der Waals surface area contributed by atoms with E-state index in [1.165, 1.54) is 32.8 Å². The van der Waals surface area contributed by atoms with E-state index in [0.29, 0.717) is 18.6 Å². The van der Waals surface area contributed by atoms with Crippen molar-refractivity contribution in [1.82, 2.24) is 0 Å². The van der Waals surface area contributed by atoms with Crippen molar-refractivity contribution >= 4 is 20.5 Å². The smallest absolute Gasteiger partial charge is 0.493 e. The van der Waals surface area contributed by atoms with E-state index in [1.54, 1.807) is 21.3 Å². The van der Waals surface area contributed by atoms with E-state index < -0.39 is 19.7 Å². The second-order valence-corrected chi connectivity index (χ2v) is 11.2. The lowest BCUT2D eigenvalue weighted by molar-refractivity contribution is -0.385. The molecule has 0 saturated heterocycles. The molecule has 0 aliphatic carbocycles. The van der Waals surface area contributed by atoms with Crippen LogP contribution in [0.1, 0.15) is 63.9 Å². The summed E-state index contributed by atoms with van der Waals surface area (Å²) in [6.07, 6.45) is 6.81. The lowest BCUT2D eigenvalue weighted by Crippen LogP contribution is -2.47. The van der Waals surface area contributed by atoms with Crippen LogP contribution in [-0.4, -0.2) is 55.2 Å². The molecule has 1 aromatic carbocycles. The Morgan fingerprint density at radius 2 is 1.53 bits per heavy atom. The minimum absolute atomic E-state index is 0.0732. The van der Waals surface area contributed by atoms with Gasteiger partial charge in [0.1, 0.15) is 6.61 Å². The molecular weight excluding hydrogens is 462 g/mol. The van der Waals surface area contributed by atoms with E-state index in [-0.39, 0.29) is 35.6 Å². The molecule has 1 atom stereocenters. The molecule has 0 aliphatic rings. The van der Waals surface area contributed by atoms with Crippen molar-refractivity contribution in [3.63, 3.8) is 0 Å². The lowest BCUT2D eigenvalue weighted by atomic mass is 10.1. The van der Waals surface area contributed by atoms with Crippen LogP contribution < -0.4 is 9.47 Å². The average molecular weight is 502 g/mol. The number of hydrogen-bond donors (Lipinski definition) is 0. The largest absolute Gasteiger partial charge is 0.503 e. The summed E-state index contributed by atoms with van der Waals surface area (Å²) in [4.78, 5) is 23.3. The number of esters is 1. The molecule has 34 heavy (non-hydrogen) atoms. The highest BCUT2D eigenvalue weighted by molar-refractivity contribution is 6.62. The first-order chi connectivity index (χ1) is 16.3. The fraction of sp³-hybridized carbons (Fsp3) is 0.696. The minimum Gasteiger partial charge on any atom is -0.493 e. The number of nitro groups is 1. The normalized spacial score (nSPS) is 12.3. The van der Waals surface area contributed by atoms with Crippen molar-refractivity contribution in [2.75, 3.05) is 35.5 Å². The quantitative estimate of drug-likeness (QED) is 0.0896. The molecule has 0 spiro atoms. The first kappa shape index (κ1) is 29.8. The molecule has 0 N–H and O–H groups in total. The second-order valence-electron chi connectivity index (χ2n) is 7.91. The Balaban J connectivity index is 2.75. The molecule has 1 unspecified atom stereocenters. The number of ether oxygens (including phenoxy) is 3. The van der Waals surface area contributed by atoms with Gasteiger partial charge < -0.3 is 27.5 Å². The number of rotatable bonds is 18. The van der Waals surface area contributed by atoms with Crippen LogP contribution in [0.3, 0.4) is 0 Å². The van der Waals surface area contributed by atoms with Crippen molar-refractivity contribution in [1.29, 1.82) is 0 Å². The number of benzene rings is 1. The SMILES string of the molecule is CCCCCCC(CCCC(=O)OCc1cc(OC)c(OC)cc1[N+](=O)[O-])[Si](OC)(OC)OC. The number of methoxy groups -OCH3 is 2. The molecular formula is C23H39NO9Si. The number of unbranched alkanes of at least 4 members (excludes halogenated alkanes) is 3. The zero-order chi connectivity index (χ0) is 25.6. The predicted molar refractivity (Wildman–Crippen MR) is 129 cm³/mol. The Kier molecular flexibility index (Phi) is 13.7. The molecule has 0 heterocycles. The van der Waals surface area contributed by atoms with Gasteiger partial charge in [0.2, 0.25) is 0 Å². The Labute approximate surface area is 203 Å². The van der Waals surface area contributed by atoms with E-state index in [1.807, 2.05) is 0 Å². The molecule has 0 bridgehead atoms. The van der Waals surface area contributed by atoms with E-state index in [0.717, 1.165) is 25.7 Å². The summed E-state index contributed by atoms with van der Waals surface area (Å²) in [6.45, 7) is 1.93. The van der Waals surface area contributed by atoms with Gasteiger partial charge in [0, 0.05) is 33.3 Å². The molecule has 0 amide bonds. The van der Waals surface area contributed by atoms with Gasteiger partial charge in [0.15, 0.2) is 11.5 Å². The van der Waals surface area contributed by atoms with Crippen LogP contribution in [0.15, 0.2) is 12.1 Å². The average Bonchev–Trinajstić information content (AvgIpc) is 2.85. The summed E-state index contributed by atoms with van der Waals surface area (Å²) in [5.41, 5.74) is 0.104. The molecule has 0 aliphatic heterocycles. The number of nitrogens with zero attached hydrogens (tertiary/aromatic N) is 1. The Bertz CT molecular complexity index is 763. The first-order valence-electron chi connectivity index (χ1n) is 11.5. The van der Waals surface area contributed by atoms with Crippen molar-refractivity contribution < 1.29 is 37.2 Å². The first-order valence-corrected chi connectivity index (χ1v) is 13.3. The third-order valence-corrected chi connectivity index (χ3v) is 9.15. The maximum Gasteiger partial charge on any atom is 0.503 e. The highest BCUT2D eigenvalue weighted by Gasteiger charge is 2.46. The summed E-state index contributed by atoms with van der Waals surface area (Å²) in [6, 6.07) is 2.71. The van der Waals surface area contributed by atoms with Gasteiger partial charge in [-0.05, 0) is 25.3 Å². The van der Waals surface area contributed by atoms with Crippen LogP contribution in [0.5, 0.6) is 11.5 Å². The molecule has 1 aromatic rings. The Morgan fingerprint density at radius 1 is 0.941 bits per heavy atom. The Hall–Kier alpha value is -2.21. The standard InChI is InChI=1S/C23H39NO9Si/c1-7-8-9-10-12-19(34(30-4,31-5)32-6)13-11-14-23(25)33-17-18-15-21(28-2)22(29-3)16-20(18)24(26)27/h15-16,19H,7-14,17H2,1-6H3. The van der Waals surface area contributed by atoms with Crippen LogP contribution in [0.2, 0.25) is 5.54 Å². The predicted octanol–water partition coefficient (Wildman–Crippen LogP) is 5.04. The van der Waals surface area contributed by atoms with Crippen molar-refractivity contribution in [3.8, 4) is 11.5 Å². The van der Waals surface area contributed by atoms with Crippen LogP contribution in [-0.2, 0) is 29.4 Å². The van der Waals surface area contributed by atoms with Gasteiger partial charge in [-0.3, -0.25) is 14.9 Å². The molecule has 0 aromatic heterocycles. The van der Waals surface area contributed by atoms with Gasteiger partial charge in [-0.15, -0.1) is 0 Å². The van der Waals surface area contributed by atoms with Gasteiger partial charge >= 0.3 is 14.8 Å². The zero-order valence-corrected chi connectivity index (χ0v) is 22.2. The van der Waals surface area contributed by atoms with E-state index in [9.17, 15) is 14.9 Å². The third kappa shape index (κ3) is 8.53. The summed E-state index contributed by atoms with van der Waals surface area (Å²) in [5.74, 6) is 0.120. The number of carbonyl (C=O) groups is 1. The van der Waals surface area contributed by atoms with E-state index in [2.05, 4.69) is 6.92 Å². The molecule has 1 rings (SSSR count). The molecule has 194 valence electrons. The van der Waals surface area contributed by atoms with Gasteiger partial charge in [0.05, 0.1) is 30.8 Å². The van der Waals surface area contributed by atoms with Gasteiger partial charge in [-0.25, -0.2) is 0 Å². The summed E-state index contributed by atoms with van der Waals surface area (Å²) >= 11 is 0. The summed E-state index contributed by atoms with van der Waals surface area (Å²) in [7, 11) is 4.78. The van der Waals surface area contributed by atoms with Crippen LogP contribution in [0.4, 0.5) is 5.69 Å². The van der Waals surface area contributed by atoms with Crippen LogP contribution >= 0.6 is 0 Å². The fourth-order valence-corrected chi connectivity index (χ4v) is 6.60. The van der Waals surface area contributed by atoms with Crippen LogP contribution in [0.25, 0.3) is 0 Å². The number of carbonyl (C=O) groups excluding carboxylic acids is 1. The second kappa shape index (κ2) is 15.6. The summed E-state index contributed by atoms with van der Waals surface area (Å²) < 4.78 is 32.7. The molecule has 0 fully saturated rings. The van der Waals surface area contributed by atoms with Crippen LogP contribution in [0, 0.1) is 10.1 Å². The van der Waals surface area contributed by atoms with Crippen molar-refractivity contribution in [2.45, 2.75) is 70.4 Å². The van der Waals surface area contributed by atoms with Crippen molar-refractivity contribution in [2.24, 2.45) is 0 Å². The molecule has 11 heteroatoms. The van der Waals surface area contributed by atoms with Crippen molar-refractivity contribution in [3.05, 3.63) is 27.8 Å². The number of hydrogen-bond acceptors (Lipinski definition) is 9. The zero-order valence-electron chi connectivity index (χ0n) is 21.2. The molecule has 0 radical (unpaired) electrons. The lowest BCUT2D eigenvalue weighted by Gasteiger charge is -2.32. The highest BCUT2D eigenvalue weighted by Crippen LogP contribution is 2.36. The van der Waals surface area contributed by atoms with Gasteiger partial charge in [-0.1, -0.05) is 32.6 Å². The van der Waals surface area contributed by atoms with E-state index >= 15 is 0 Å². The van der Waals surface area contributed by atoms with Gasteiger partial charge in [-0.2, -0.15) is 0 Å². The maximum atomic E-state index is 12.4. The third-order valence-electron chi connectivity index (χ3n) is 5.86. The summed E-state index contributed by atoms with van der Waals surface area (Å²) in [5, 5.41) is 11.4.